The smallest absolute Gasteiger partial charge is 0.480 e. The predicted molar refractivity (Wildman–Crippen MR) is 71.5 cm³/mol. The molecular formula is C14H13F3N2O4. The Kier molecular flexibility index (Phi) is 4.89. The molecule has 2 aromatic rings. The fourth-order valence-corrected chi connectivity index (χ4v) is 2.15. The van der Waals surface area contributed by atoms with E-state index in [1.807, 2.05) is 0 Å². The Balaban J connectivity index is 2.32. The largest absolute Gasteiger partial charge is 0.573 e. The highest BCUT2D eigenvalue weighted by Crippen LogP contribution is 2.33. The zero-order chi connectivity index (χ0) is 17.0. The van der Waals surface area contributed by atoms with Crippen LogP contribution in [0.5, 0.6) is 5.75 Å². The molecule has 0 amide bonds. The van der Waals surface area contributed by atoms with Gasteiger partial charge >= 0.3 is 12.3 Å². The number of para-hydroxylation sites is 1. The molecule has 1 N–H and O–H groups in total. The van der Waals surface area contributed by atoms with Crippen molar-refractivity contribution in [1.82, 2.24) is 10.1 Å². The zero-order valence-corrected chi connectivity index (χ0v) is 11.9. The van der Waals surface area contributed by atoms with Gasteiger partial charge in [-0.05, 0) is 13.1 Å². The van der Waals surface area contributed by atoms with E-state index in [-0.39, 0.29) is 12.1 Å². The van der Waals surface area contributed by atoms with E-state index in [0.717, 1.165) is 6.07 Å². The average Bonchev–Trinajstić information content (AvgIpc) is 2.91. The molecule has 0 aliphatic rings. The lowest BCUT2D eigenvalue weighted by atomic mass is 10.0. The third kappa shape index (κ3) is 4.46. The Morgan fingerprint density at radius 1 is 1.39 bits per heavy atom. The Hall–Kier alpha value is -2.55. The van der Waals surface area contributed by atoms with E-state index < -0.39 is 24.1 Å². The van der Waals surface area contributed by atoms with Gasteiger partial charge in [0.15, 0.2) is 0 Å². The minimum Gasteiger partial charge on any atom is -0.480 e. The van der Waals surface area contributed by atoms with Gasteiger partial charge in [0.25, 0.3) is 0 Å². The van der Waals surface area contributed by atoms with Crippen LogP contribution in [0.4, 0.5) is 13.2 Å². The third-order valence-electron chi connectivity index (χ3n) is 3.02. The van der Waals surface area contributed by atoms with Gasteiger partial charge in [-0.1, -0.05) is 23.4 Å². The maximum Gasteiger partial charge on any atom is 0.573 e. The molecule has 0 spiro atoms. The Morgan fingerprint density at radius 2 is 2.09 bits per heavy atom. The number of aliphatic carboxylic acids is 1. The molecule has 6 nitrogen and oxygen atoms in total. The van der Waals surface area contributed by atoms with Gasteiger partial charge in [0.2, 0.25) is 0 Å². The summed E-state index contributed by atoms with van der Waals surface area (Å²) in [6.45, 7) is 0.0772. The summed E-state index contributed by atoms with van der Waals surface area (Å²) in [5.74, 6) is -1.87. The number of carboxylic acids is 1. The number of carbonyl (C=O) groups is 1. The van der Waals surface area contributed by atoms with Crippen LogP contribution in [0.2, 0.25) is 0 Å². The first kappa shape index (κ1) is 16.8. The van der Waals surface area contributed by atoms with Crippen molar-refractivity contribution < 1.29 is 32.3 Å². The summed E-state index contributed by atoms with van der Waals surface area (Å²) < 4.78 is 46.0. The van der Waals surface area contributed by atoms with Gasteiger partial charge in [-0.25, -0.2) is 0 Å². The number of carboxylic acid groups (broad SMARTS) is 1. The average molecular weight is 330 g/mol. The number of likely N-dealkylation sites (N-methyl/N-ethyl adjacent to an activating group) is 1. The fourth-order valence-electron chi connectivity index (χ4n) is 2.15. The quantitative estimate of drug-likeness (QED) is 0.878. The van der Waals surface area contributed by atoms with Gasteiger partial charge in [-0.3, -0.25) is 9.69 Å². The fraction of sp³-hybridized carbons (Fsp3) is 0.286. The number of alkyl halides is 3. The first-order valence-corrected chi connectivity index (χ1v) is 6.45. The molecule has 9 heteroatoms. The maximum absolute atomic E-state index is 12.5. The topological polar surface area (TPSA) is 75.8 Å². The van der Waals surface area contributed by atoms with Crippen LogP contribution in [0.15, 0.2) is 41.1 Å². The Morgan fingerprint density at radius 3 is 2.65 bits per heavy atom. The standard InChI is InChI=1S/C14H13F3N2O4/c1-19(8-9-6-7-22-18-9)12(13(20)21)10-4-2-3-5-11(10)23-14(15,16)17/h2-7,12H,8H2,1H3,(H,20,21). The van der Waals surface area contributed by atoms with Crippen LogP contribution < -0.4 is 4.74 Å². The molecule has 23 heavy (non-hydrogen) atoms. The Bertz CT molecular complexity index is 658. The van der Waals surface area contributed by atoms with Crippen molar-refractivity contribution in [1.29, 1.82) is 0 Å². The molecule has 1 aromatic carbocycles. The number of aromatic nitrogens is 1. The number of rotatable bonds is 6. The molecule has 1 heterocycles. The summed E-state index contributed by atoms with van der Waals surface area (Å²) in [5, 5.41) is 13.1. The predicted octanol–water partition coefficient (Wildman–Crippen LogP) is 2.83. The summed E-state index contributed by atoms with van der Waals surface area (Å²) in [6, 6.07) is 5.32. The molecule has 0 radical (unpaired) electrons. The minimum atomic E-state index is -4.91. The number of hydrogen-bond donors (Lipinski definition) is 1. The molecule has 2 rings (SSSR count). The molecule has 0 saturated heterocycles. The van der Waals surface area contributed by atoms with Crippen LogP contribution in [0.3, 0.4) is 0 Å². The monoisotopic (exact) mass is 330 g/mol. The second-order valence-electron chi connectivity index (χ2n) is 4.73. The molecule has 0 saturated carbocycles. The lowest BCUT2D eigenvalue weighted by Crippen LogP contribution is -2.31. The maximum atomic E-state index is 12.5. The minimum absolute atomic E-state index is 0.0772. The van der Waals surface area contributed by atoms with Crippen LogP contribution in [-0.2, 0) is 11.3 Å². The highest BCUT2D eigenvalue weighted by Gasteiger charge is 2.35. The first-order chi connectivity index (χ1) is 10.8. The van der Waals surface area contributed by atoms with Crippen LogP contribution in [-0.4, -0.2) is 34.5 Å². The Labute approximate surface area is 129 Å². The van der Waals surface area contributed by atoms with Crippen molar-refractivity contribution in [3.8, 4) is 5.75 Å². The normalized spacial score (nSPS) is 13.1. The summed E-state index contributed by atoms with van der Waals surface area (Å²) >= 11 is 0. The van der Waals surface area contributed by atoms with Crippen molar-refractivity contribution in [2.24, 2.45) is 0 Å². The van der Waals surface area contributed by atoms with E-state index in [0.29, 0.717) is 5.69 Å². The third-order valence-corrected chi connectivity index (χ3v) is 3.02. The van der Waals surface area contributed by atoms with E-state index in [2.05, 4.69) is 14.4 Å². The number of nitrogens with zero attached hydrogens (tertiary/aromatic N) is 2. The van der Waals surface area contributed by atoms with Gasteiger partial charge in [0.05, 0.1) is 5.69 Å². The summed E-state index contributed by atoms with van der Waals surface area (Å²) in [5.41, 5.74) is 0.344. The lowest BCUT2D eigenvalue weighted by molar-refractivity contribution is -0.275. The van der Waals surface area contributed by atoms with E-state index in [9.17, 15) is 23.1 Å². The van der Waals surface area contributed by atoms with E-state index in [4.69, 9.17) is 0 Å². The molecule has 1 aromatic heterocycles. The highest BCUT2D eigenvalue weighted by molar-refractivity contribution is 5.76. The number of ether oxygens (including phenoxy) is 1. The van der Waals surface area contributed by atoms with Gasteiger partial charge in [0, 0.05) is 18.2 Å². The lowest BCUT2D eigenvalue weighted by Gasteiger charge is -2.25. The van der Waals surface area contributed by atoms with Gasteiger partial charge in [-0.15, -0.1) is 13.2 Å². The van der Waals surface area contributed by atoms with Crippen LogP contribution in [0.25, 0.3) is 0 Å². The van der Waals surface area contributed by atoms with Crippen LogP contribution >= 0.6 is 0 Å². The van der Waals surface area contributed by atoms with Crippen molar-refractivity contribution in [2.45, 2.75) is 18.9 Å². The SMILES string of the molecule is CN(Cc1ccon1)C(C(=O)O)c1ccccc1OC(F)(F)F. The summed E-state index contributed by atoms with van der Waals surface area (Å²) in [6.07, 6.45) is -3.59. The molecule has 0 fully saturated rings. The molecule has 0 aliphatic heterocycles. The second-order valence-corrected chi connectivity index (χ2v) is 4.73. The molecule has 1 atom stereocenters. The second kappa shape index (κ2) is 6.69. The van der Waals surface area contributed by atoms with E-state index in [1.54, 1.807) is 0 Å². The molecule has 0 bridgehead atoms. The van der Waals surface area contributed by atoms with Gasteiger partial charge in [-0.2, -0.15) is 0 Å². The number of benzene rings is 1. The van der Waals surface area contributed by atoms with Gasteiger partial charge in [0.1, 0.15) is 18.1 Å². The van der Waals surface area contributed by atoms with Gasteiger partial charge < -0.3 is 14.4 Å². The van der Waals surface area contributed by atoms with Crippen LogP contribution in [0.1, 0.15) is 17.3 Å². The van der Waals surface area contributed by atoms with Crippen molar-refractivity contribution in [2.75, 3.05) is 7.05 Å². The molecule has 1 unspecified atom stereocenters. The first-order valence-electron chi connectivity index (χ1n) is 6.45. The van der Waals surface area contributed by atoms with Crippen molar-refractivity contribution >= 4 is 5.97 Å². The van der Waals surface area contributed by atoms with Crippen molar-refractivity contribution in [3.63, 3.8) is 0 Å². The molecule has 124 valence electrons. The van der Waals surface area contributed by atoms with E-state index in [1.165, 1.54) is 42.5 Å². The number of hydrogen-bond acceptors (Lipinski definition) is 5. The molecular weight excluding hydrogens is 317 g/mol. The van der Waals surface area contributed by atoms with E-state index >= 15 is 0 Å². The highest BCUT2D eigenvalue weighted by atomic mass is 19.4. The summed E-state index contributed by atoms with van der Waals surface area (Å²) in [7, 11) is 1.46. The van der Waals surface area contributed by atoms with Crippen molar-refractivity contribution in [3.05, 3.63) is 47.9 Å². The summed E-state index contributed by atoms with van der Waals surface area (Å²) in [4.78, 5) is 12.9. The number of halogens is 3. The molecule has 0 aliphatic carbocycles. The van der Waals surface area contributed by atoms with Crippen LogP contribution in [0, 0.1) is 0 Å². The zero-order valence-electron chi connectivity index (χ0n) is 11.9.